The van der Waals surface area contributed by atoms with Crippen LogP contribution < -0.4 is 5.32 Å². The van der Waals surface area contributed by atoms with E-state index in [9.17, 15) is 0 Å². The first kappa shape index (κ1) is 12.4. The third-order valence-corrected chi connectivity index (χ3v) is 4.21. The molecule has 0 aromatic rings. The number of hydrogen-bond donors (Lipinski definition) is 1. The van der Waals surface area contributed by atoms with E-state index in [0.717, 1.165) is 11.3 Å². The van der Waals surface area contributed by atoms with Gasteiger partial charge in [-0.3, -0.25) is 0 Å². The van der Waals surface area contributed by atoms with Crippen LogP contribution in [0.3, 0.4) is 0 Å². The fourth-order valence-electron chi connectivity index (χ4n) is 1.95. The van der Waals surface area contributed by atoms with Gasteiger partial charge in [-0.05, 0) is 25.0 Å². The van der Waals surface area contributed by atoms with Crippen LogP contribution in [0.5, 0.6) is 0 Å². The minimum Gasteiger partial charge on any atom is -0.313 e. The first-order chi connectivity index (χ1) is 6.83. The molecule has 2 heteroatoms. The monoisotopic (exact) mass is 215 g/mol. The molecule has 1 aliphatic carbocycles. The second-order valence-corrected chi connectivity index (χ2v) is 5.97. The van der Waals surface area contributed by atoms with Crippen LogP contribution >= 0.6 is 11.8 Å². The molecule has 0 aromatic carbocycles. The van der Waals surface area contributed by atoms with Gasteiger partial charge in [-0.2, -0.15) is 11.8 Å². The summed E-state index contributed by atoms with van der Waals surface area (Å²) < 4.78 is 0. The smallest absolute Gasteiger partial charge is 0.0144 e. The lowest BCUT2D eigenvalue weighted by Crippen LogP contribution is -2.31. The van der Waals surface area contributed by atoms with Crippen LogP contribution in [0.15, 0.2) is 0 Å². The quantitative estimate of drug-likeness (QED) is 0.653. The van der Waals surface area contributed by atoms with E-state index < -0.39 is 0 Å². The average Bonchev–Trinajstić information content (AvgIpc) is 2.68. The molecule has 1 nitrogen and oxygen atoms in total. The van der Waals surface area contributed by atoms with Crippen LogP contribution in [-0.2, 0) is 0 Å². The van der Waals surface area contributed by atoms with Crippen molar-refractivity contribution in [2.24, 2.45) is 0 Å². The molecule has 1 aliphatic rings. The molecular weight excluding hydrogens is 190 g/mol. The summed E-state index contributed by atoms with van der Waals surface area (Å²) in [7, 11) is 0. The molecular formula is C12H25NS. The Balaban J connectivity index is 1.93. The molecule has 84 valence electrons. The van der Waals surface area contributed by atoms with Crippen molar-refractivity contribution in [3.63, 3.8) is 0 Å². The van der Waals surface area contributed by atoms with Crippen LogP contribution in [0.4, 0.5) is 0 Å². The molecule has 0 heterocycles. The molecule has 1 N–H and O–H groups in total. The summed E-state index contributed by atoms with van der Waals surface area (Å²) in [4.78, 5) is 0. The van der Waals surface area contributed by atoms with E-state index in [1.807, 2.05) is 0 Å². The normalized spacial score (nSPS) is 20.1. The number of thioether (sulfide) groups is 1. The summed E-state index contributed by atoms with van der Waals surface area (Å²) in [5, 5.41) is 4.48. The van der Waals surface area contributed by atoms with Crippen LogP contribution in [-0.4, -0.2) is 23.6 Å². The van der Waals surface area contributed by atoms with Crippen LogP contribution in [0, 0.1) is 0 Å². The largest absolute Gasteiger partial charge is 0.313 e. The summed E-state index contributed by atoms with van der Waals surface area (Å²) in [6, 6.07) is 0.837. The van der Waals surface area contributed by atoms with E-state index in [2.05, 4.69) is 30.9 Å². The molecule has 14 heavy (non-hydrogen) atoms. The molecule has 0 bridgehead atoms. The molecule has 1 atom stereocenters. The van der Waals surface area contributed by atoms with Gasteiger partial charge in [-0.15, -0.1) is 0 Å². The second kappa shape index (κ2) is 7.58. The molecule has 1 fully saturated rings. The van der Waals surface area contributed by atoms with Gasteiger partial charge in [-0.25, -0.2) is 0 Å². The zero-order valence-electron chi connectivity index (χ0n) is 9.72. The Labute approximate surface area is 93.4 Å². The first-order valence-electron chi connectivity index (χ1n) is 6.18. The number of nitrogens with one attached hydrogen (secondary N) is 1. The van der Waals surface area contributed by atoms with Gasteiger partial charge in [0, 0.05) is 17.8 Å². The maximum Gasteiger partial charge on any atom is 0.0144 e. The van der Waals surface area contributed by atoms with Crippen molar-refractivity contribution in [2.45, 2.75) is 63.7 Å². The highest BCUT2D eigenvalue weighted by molar-refractivity contribution is 7.99. The SMILES string of the molecule is CCCCSC(C)CNC1CCCC1. The van der Waals surface area contributed by atoms with Gasteiger partial charge < -0.3 is 5.32 Å². The van der Waals surface area contributed by atoms with Crippen molar-refractivity contribution in [3.05, 3.63) is 0 Å². The Morgan fingerprint density at radius 3 is 2.71 bits per heavy atom. The molecule has 1 unspecified atom stereocenters. The predicted molar refractivity (Wildman–Crippen MR) is 67.1 cm³/mol. The van der Waals surface area contributed by atoms with Crippen molar-refractivity contribution < 1.29 is 0 Å². The predicted octanol–water partition coefficient (Wildman–Crippen LogP) is 3.44. The highest BCUT2D eigenvalue weighted by atomic mass is 32.2. The van der Waals surface area contributed by atoms with Crippen molar-refractivity contribution >= 4 is 11.8 Å². The molecule has 0 saturated heterocycles. The highest BCUT2D eigenvalue weighted by Crippen LogP contribution is 2.18. The number of hydrogen-bond acceptors (Lipinski definition) is 2. The zero-order chi connectivity index (χ0) is 10.2. The van der Waals surface area contributed by atoms with E-state index in [1.54, 1.807) is 0 Å². The summed E-state index contributed by atoms with van der Waals surface area (Å²) in [5.41, 5.74) is 0. The molecule has 0 aromatic heterocycles. The van der Waals surface area contributed by atoms with Crippen LogP contribution in [0.1, 0.15) is 52.4 Å². The first-order valence-corrected chi connectivity index (χ1v) is 7.22. The number of unbranched alkanes of at least 4 members (excludes halogenated alkanes) is 1. The summed E-state index contributed by atoms with van der Waals surface area (Å²) >= 11 is 2.12. The maximum atomic E-state index is 3.69. The van der Waals surface area contributed by atoms with Gasteiger partial charge in [0.2, 0.25) is 0 Å². The van der Waals surface area contributed by atoms with E-state index in [-0.39, 0.29) is 0 Å². The summed E-state index contributed by atoms with van der Waals surface area (Å²) in [6.07, 6.45) is 8.40. The second-order valence-electron chi connectivity index (χ2n) is 4.42. The van der Waals surface area contributed by atoms with Gasteiger partial charge in [0.05, 0.1) is 0 Å². The average molecular weight is 215 g/mol. The molecule has 0 amide bonds. The van der Waals surface area contributed by atoms with Gasteiger partial charge in [-0.1, -0.05) is 33.1 Å². The van der Waals surface area contributed by atoms with Crippen LogP contribution in [0.25, 0.3) is 0 Å². The maximum absolute atomic E-state index is 3.69. The zero-order valence-corrected chi connectivity index (χ0v) is 10.5. The molecule has 0 radical (unpaired) electrons. The van der Waals surface area contributed by atoms with Crippen molar-refractivity contribution in [1.82, 2.24) is 5.32 Å². The van der Waals surface area contributed by atoms with E-state index in [1.165, 1.54) is 50.8 Å². The van der Waals surface area contributed by atoms with Gasteiger partial charge >= 0.3 is 0 Å². The Kier molecular flexibility index (Phi) is 6.70. The lowest BCUT2D eigenvalue weighted by Gasteiger charge is -2.16. The third kappa shape index (κ3) is 5.26. The van der Waals surface area contributed by atoms with Crippen molar-refractivity contribution in [2.75, 3.05) is 12.3 Å². The summed E-state index contributed by atoms with van der Waals surface area (Å²) in [6.45, 7) is 5.82. The lowest BCUT2D eigenvalue weighted by atomic mass is 10.2. The van der Waals surface area contributed by atoms with Crippen molar-refractivity contribution in [3.8, 4) is 0 Å². The Morgan fingerprint density at radius 2 is 2.07 bits per heavy atom. The lowest BCUT2D eigenvalue weighted by molar-refractivity contribution is 0.527. The molecule has 0 aliphatic heterocycles. The van der Waals surface area contributed by atoms with E-state index >= 15 is 0 Å². The van der Waals surface area contributed by atoms with Crippen molar-refractivity contribution in [1.29, 1.82) is 0 Å². The third-order valence-electron chi connectivity index (χ3n) is 2.95. The van der Waals surface area contributed by atoms with E-state index in [4.69, 9.17) is 0 Å². The Hall–Kier alpha value is 0.310. The molecule has 1 saturated carbocycles. The van der Waals surface area contributed by atoms with Crippen LogP contribution in [0.2, 0.25) is 0 Å². The highest BCUT2D eigenvalue weighted by Gasteiger charge is 2.14. The fourth-order valence-corrected chi connectivity index (χ4v) is 3.02. The Bertz CT molecular complexity index is 132. The minimum absolute atomic E-state index is 0.794. The fraction of sp³-hybridized carbons (Fsp3) is 1.00. The van der Waals surface area contributed by atoms with E-state index in [0.29, 0.717) is 0 Å². The summed E-state index contributed by atoms with van der Waals surface area (Å²) in [5.74, 6) is 1.34. The van der Waals surface area contributed by atoms with Gasteiger partial charge in [0.1, 0.15) is 0 Å². The van der Waals surface area contributed by atoms with Gasteiger partial charge in [0.15, 0.2) is 0 Å². The minimum atomic E-state index is 0.794. The number of rotatable bonds is 7. The Morgan fingerprint density at radius 1 is 1.36 bits per heavy atom. The van der Waals surface area contributed by atoms with Gasteiger partial charge in [0.25, 0.3) is 0 Å². The topological polar surface area (TPSA) is 12.0 Å². The molecule has 0 spiro atoms. The standard InChI is InChI=1S/C12H25NS/c1-3-4-9-14-11(2)10-13-12-7-5-6-8-12/h11-13H,3-10H2,1-2H3. The molecule has 1 rings (SSSR count).